The van der Waals surface area contributed by atoms with E-state index in [1.54, 1.807) is 37.8 Å². The van der Waals surface area contributed by atoms with Gasteiger partial charge in [-0.15, -0.1) is 0 Å². The Morgan fingerprint density at radius 3 is 2.73 bits per heavy atom. The Bertz CT molecular complexity index is 630. The highest BCUT2D eigenvalue weighted by atomic mass is 16.2. The molecule has 7 nitrogen and oxygen atoms in total. The van der Waals surface area contributed by atoms with Crippen molar-refractivity contribution in [3.05, 3.63) is 36.5 Å². The van der Waals surface area contributed by atoms with E-state index in [4.69, 9.17) is 0 Å². The maximum absolute atomic E-state index is 11.5. The van der Waals surface area contributed by atoms with E-state index >= 15 is 0 Å². The van der Waals surface area contributed by atoms with Crippen molar-refractivity contribution in [2.24, 2.45) is 0 Å². The molecule has 0 bridgehead atoms. The van der Waals surface area contributed by atoms with Gasteiger partial charge in [0.2, 0.25) is 11.9 Å². The SMILES string of the molecule is CC(=O)N1CCC[C@@H](c2cnc(Nc3ncccn3)cn2)C1. The zero-order chi connectivity index (χ0) is 15.4. The quantitative estimate of drug-likeness (QED) is 0.929. The summed E-state index contributed by atoms with van der Waals surface area (Å²) in [6.07, 6.45) is 8.81. The van der Waals surface area contributed by atoms with Crippen LogP contribution in [-0.4, -0.2) is 43.8 Å². The van der Waals surface area contributed by atoms with Crippen LogP contribution in [0.1, 0.15) is 31.4 Å². The number of amides is 1. The van der Waals surface area contributed by atoms with Gasteiger partial charge in [0, 0.05) is 38.3 Å². The molecule has 0 unspecified atom stereocenters. The second-order valence-corrected chi connectivity index (χ2v) is 5.33. The number of carbonyl (C=O) groups is 1. The van der Waals surface area contributed by atoms with Crippen LogP contribution in [0.3, 0.4) is 0 Å². The Labute approximate surface area is 128 Å². The highest BCUT2D eigenvalue weighted by Crippen LogP contribution is 2.25. The molecular weight excluding hydrogens is 280 g/mol. The van der Waals surface area contributed by atoms with Crippen LogP contribution in [0.5, 0.6) is 0 Å². The summed E-state index contributed by atoms with van der Waals surface area (Å²) >= 11 is 0. The normalized spacial score (nSPS) is 18.0. The average molecular weight is 298 g/mol. The molecule has 114 valence electrons. The number of likely N-dealkylation sites (tertiary alicyclic amines) is 1. The number of hydrogen-bond donors (Lipinski definition) is 1. The Kier molecular flexibility index (Phi) is 4.22. The van der Waals surface area contributed by atoms with Crippen molar-refractivity contribution in [1.82, 2.24) is 24.8 Å². The number of nitrogens with zero attached hydrogens (tertiary/aromatic N) is 5. The molecule has 1 N–H and O–H groups in total. The lowest BCUT2D eigenvalue weighted by Crippen LogP contribution is -2.37. The number of carbonyl (C=O) groups excluding carboxylic acids is 1. The molecule has 3 heterocycles. The van der Waals surface area contributed by atoms with Crippen LogP contribution in [0.15, 0.2) is 30.9 Å². The highest BCUT2D eigenvalue weighted by Gasteiger charge is 2.23. The van der Waals surface area contributed by atoms with Gasteiger partial charge in [-0.2, -0.15) is 0 Å². The van der Waals surface area contributed by atoms with Gasteiger partial charge in [-0.05, 0) is 18.9 Å². The highest BCUT2D eigenvalue weighted by molar-refractivity contribution is 5.73. The molecule has 1 aliphatic rings. The molecule has 0 saturated carbocycles. The van der Waals surface area contributed by atoms with Gasteiger partial charge in [0.1, 0.15) is 0 Å². The standard InChI is InChI=1S/C15H18N6O/c1-11(22)21-7-2-4-12(10-21)13-8-19-14(9-18-13)20-15-16-5-3-6-17-15/h3,5-6,8-9,12H,2,4,7,10H2,1H3,(H,16,17,19,20)/t12-/m1/s1. The topological polar surface area (TPSA) is 83.9 Å². The lowest BCUT2D eigenvalue weighted by atomic mass is 9.95. The first kappa shape index (κ1) is 14.4. The van der Waals surface area contributed by atoms with Crippen LogP contribution in [0.2, 0.25) is 0 Å². The Morgan fingerprint density at radius 2 is 2.05 bits per heavy atom. The number of piperidine rings is 1. The fourth-order valence-corrected chi connectivity index (χ4v) is 2.60. The number of rotatable bonds is 3. The van der Waals surface area contributed by atoms with E-state index in [2.05, 4.69) is 25.3 Å². The Hall–Kier alpha value is -2.57. The summed E-state index contributed by atoms with van der Waals surface area (Å²) in [6.45, 7) is 3.17. The lowest BCUT2D eigenvalue weighted by Gasteiger charge is -2.31. The molecule has 2 aromatic rings. The average Bonchev–Trinajstić information content (AvgIpc) is 2.56. The molecule has 0 radical (unpaired) electrons. The van der Waals surface area contributed by atoms with Crippen LogP contribution >= 0.6 is 0 Å². The zero-order valence-corrected chi connectivity index (χ0v) is 12.4. The van der Waals surface area contributed by atoms with Gasteiger partial charge in [-0.1, -0.05) is 0 Å². The predicted octanol–water partition coefficient (Wildman–Crippen LogP) is 1.74. The van der Waals surface area contributed by atoms with E-state index in [9.17, 15) is 4.79 Å². The molecule has 1 aliphatic heterocycles. The summed E-state index contributed by atoms with van der Waals surface area (Å²) in [4.78, 5) is 30.4. The van der Waals surface area contributed by atoms with E-state index in [1.165, 1.54) is 0 Å². The van der Waals surface area contributed by atoms with Gasteiger partial charge >= 0.3 is 0 Å². The molecule has 22 heavy (non-hydrogen) atoms. The number of aromatic nitrogens is 4. The Balaban J connectivity index is 1.67. The Morgan fingerprint density at radius 1 is 1.23 bits per heavy atom. The van der Waals surface area contributed by atoms with Crippen LogP contribution in [0, 0.1) is 0 Å². The summed E-state index contributed by atoms with van der Waals surface area (Å²) in [5, 5.41) is 3.00. The van der Waals surface area contributed by atoms with Gasteiger partial charge in [0.15, 0.2) is 5.82 Å². The van der Waals surface area contributed by atoms with Gasteiger partial charge in [0.05, 0.1) is 18.1 Å². The third-order valence-corrected chi connectivity index (χ3v) is 3.76. The summed E-state index contributed by atoms with van der Waals surface area (Å²) in [5.41, 5.74) is 0.922. The maximum Gasteiger partial charge on any atom is 0.228 e. The number of hydrogen-bond acceptors (Lipinski definition) is 6. The van der Waals surface area contributed by atoms with Crippen molar-refractivity contribution in [1.29, 1.82) is 0 Å². The monoisotopic (exact) mass is 298 g/mol. The van der Waals surface area contributed by atoms with Crippen LogP contribution in [-0.2, 0) is 4.79 Å². The van der Waals surface area contributed by atoms with Crippen molar-refractivity contribution in [2.45, 2.75) is 25.7 Å². The molecular formula is C15H18N6O. The fourth-order valence-electron chi connectivity index (χ4n) is 2.60. The summed E-state index contributed by atoms with van der Waals surface area (Å²) in [7, 11) is 0. The number of anilines is 2. The number of nitrogens with one attached hydrogen (secondary N) is 1. The van der Waals surface area contributed by atoms with Crippen molar-refractivity contribution in [3.8, 4) is 0 Å². The molecule has 1 atom stereocenters. The van der Waals surface area contributed by atoms with Gasteiger partial charge in [-0.25, -0.2) is 15.0 Å². The fraction of sp³-hybridized carbons (Fsp3) is 0.400. The minimum Gasteiger partial charge on any atom is -0.342 e. The van der Waals surface area contributed by atoms with Crippen LogP contribution in [0.25, 0.3) is 0 Å². The molecule has 2 aromatic heterocycles. The molecule has 0 aliphatic carbocycles. The zero-order valence-electron chi connectivity index (χ0n) is 12.4. The molecule has 1 saturated heterocycles. The van der Waals surface area contributed by atoms with E-state index in [-0.39, 0.29) is 11.8 Å². The molecule has 1 fully saturated rings. The van der Waals surface area contributed by atoms with Crippen molar-refractivity contribution in [3.63, 3.8) is 0 Å². The maximum atomic E-state index is 11.5. The van der Waals surface area contributed by atoms with E-state index in [1.807, 2.05) is 4.90 Å². The summed E-state index contributed by atoms with van der Waals surface area (Å²) in [5.74, 6) is 1.48. The third-order valence-electron chi connectivity index (χ3n) is 3.76. The van der Waals surface area contributed by atoms with E-state index in [0.29, 0.717) is 11.8 Å². The van der Waals surface area contributed by atoms with Gasteiger partial charge < -0.3 is 10.2 Å². The van der Waals surface area contributed by atoms with Crippen LogP contribution < -0.4 is 5.32 Å². The molecule has 0 aromatic carbocycles. The van der Waals surface area contributed by atoms with Crippen molar-refractivity contribution < 1.29 is 4.79 Å². The third kappa shape index (κ3) is 3.36. The second kappa shape index (κ2) is 6.46. The van der Waals surface area contributed by atoms with Crippen LogP contribution in [0.4, 0.5) is 11.8 Å². The molecule has 3 rings (SSSR count). The van der Waals surface area contributed by atoms with Gasteiger partial charge in [0.25, 0.3) is 0 Å². The second-order valence-electron chi connectivity index (χ2n) is 5.33. The molecule has 1 amide bonds. The largest absolute Gasteiger partial charge is 0.342 e. The van der Waals surface area contributed by atoms with Crippen molar-refractivity contribution in [2.75, 3.05) is 18.4 Å². The molecule has 0 spiro atoms. The van der Waals surface area contributed by atoms with E-state index in [0.717, 1.165) is 31.6 Å². The summed E-state index contributed by atoms with van der Waals surface area (Å²) < 4.78 is 0. The minimum atomic E-state index is 0.122. The first-order chi connectivity index (χ1) is 10.7. The smallest absolute Gasteiger partial charge is 0.228 e. The van der Waals surface area contributed by atoms with Crippen molar-refractivity contribution >= 4 is 17.7 Å². The predicted molar refractivity (Wildman–Crippen MR) is 81.6 cm³/mol. The summed E-state index contributed by atoms with van der Waals surface area (Å²) in [6, 6.07) is 1.75. The lowest BCUT2D eigenvalue weighted by molar-refractivity contribution is -0.130. The molecule has 7 heteroatoms. The van der Waals surface area contributed by atoms with Gasteiger partial charge in [-0.3, -0.25) is 9.78 Å². The first-order valence-electron chi connectivity index (χ1n) is 7.34. The van der Waals surface area contributed by atoms with E-state index < -0.39 is 0 Å². The minimum absolute atomic E-state index is 0.122. The first-order valence-corrected chi connectivity index (χ1v) is 7.34.